The van der Waals surface area contributed by atoms with Gasteiger partial charge in [-0.2, -0.15) is 0 Å². The Bertz CT molecular complexity index is 435. The highest BCUT2D eigenvalue weighted by Crippen LogP contribution is 2.24. The van der Waals surface area contributed by atoms with E-state index >= 15 is 0 Å². The molecule has 1 aromatic rings. The predicted molar refractivity (Wildman–Crippen MR) is 68.7 cm³/mol. The number of rotatable bonds is 4. The number of amides is 3. The molecule has 0 aliphatic carbocycles. The molecule has 0 aliphatic rings. The second-order valence-electron chi connectivity index (χ2n) is 3.54. The summed E-state index contributed by atoms with van der Waals surface area (Å²) >= 11 is 1.54. The molecule has 0 aliphatic heterocycles. The van der Waals surface area contributed by atoms with Crippen LogP contribution in [-0.4, -0.2) is 17.7 Å². The van der Waals surface area contributed by atoms with Crippen LogP contribution in [0.25, 0.3) is 0 Å². The van der Waals surface area contributed by atoms with Crippen molar-refractivity contribution in [2.75, 3.05) is 11.5 Å². The van der Waals surface area contributed by atoms with E-state index in [4.69, 9.17) is 11.5 Å². The maximum Gasteiger partial charge on any atom is 0.318 e. The first-order valence-electron chi connectivity index (χ1n) is 5.07. The van der Waals surface area contributed by atoms with Crippen LogP contribution in [0.5, 0.6) is 0 Å². The fraction of sp³-hybridized carbons (Fsp3) is 0.273. The number of anilines is 1. The maximum absolute atomic E-state index is 11.1. The molecule has 1 aromatic carbocycles. The number of benzene rings is 1. The van der Waals surface area contributed by atoms with E-state index in [1.54, 1.807) is 11.8 Å². The van der Waals surface area contributed by atoms with Crippen molar-refractivity contribution < 1.29 is 9.59 Å². The van der Waals surface area contributed by atoms with E-state index in [0.717, 1.165) is 16.1 Å². The SMILES string of the molecule is Cc1cc(N)ccc1SCCC(=O)NC(N)=O. The molecule has 1 rings (SSSR count). The molecule has 0 heterocycles. The molecule has 0 atom stereocenters. The molecular weight excluding hydrogens is 238 g/mol. The van der Waals surface area contributed by atoms with Crippen molar-refractivity contribution in [1.29, 1.82) is 0 Å². The Balaban J connectivity index is 2.41. The molecule has 0 bridgehead atoms. The van der Waals surface area contributed by atoms with E-state index in [1.807, 2.05) is 30.4 Å². The minimum atomic E-state index is -0.816. The van der Waals surface area contributed by atoms with Crippen LogP contribution in [-0.2, 0) is 4.79 Å². The molecular formula is C11H15N3O2S. The minimum Gasteiger partial charge on any atom is -0.399 e. The highest BCUT2D eigenvalue weighted by atomic mass is 32.2. The van der Waals surface area contributed by atoms with E-state index in [9.17, 15) is 9.59 Å². The van der Waals surface area contributed by atoms with Crippen molar-refractivity contribution in [3.8, 4) is 0 Å². The molecule has 5 nitrogen and oxygen atoms in total. The van der Waals surface area contributed by atoms with Crippen LogP contribution in [0.15, 0.2) is 23.1 Å². The van der Waals surface area contributed by atoms with Gasteiger partial charge in [-0.1, -0.05) is 0 Å². The Morgan fingerprint density at radius 2 is 2.12 bits per heavy atom. The van der Waals surface area contributed by atoms with E-state index in [0.29, 0.717) is 5.75 Å². The second-order valence-corrected chi connectivity index (χ2v) is 4.67. The van der Waals surface area contributed by atoms with Gasteiger partial charge in [0.25, 0.3) is 0 Å². The summed E-state index contributed by atoms with van der Waals surface area (Å²) in [5.41, 5.74) is 12.3. The lowest BCUT2D eigenvalue weighted by Gasteiger charge is -2.06. The van der Waals surface area contributed by atoms with E-state index in [-0.39, 0.29) is 12.3 Å². The first kappa shape index (κ1) is 13.4. The Morgan fingerprint density at radius 1 is 1.41 bits per heavy atom. The average Bonchev–Trinajstić information content (AvgIpc) is 2.20. The van der Waals surface area contributed by atoms with Gasteiger partial charge in [-0.25, -0.2) is 4.79 Å². The van der Waals surface area contributed by atoms with E-state index < -0.39 is 6.03 Å². The van der Waals surface area contributed by atoms with Crippen LogP contribution < -0.4 is 16.8 Å². The zero-order valence-electron chi connectivity index (χ0n) is 9.53. The lowest BCUT2D eigenvalue weighted by atomic mass is 10.2. The Kier molecular flexibility index (Phi) is 4.84. The number of hydrogen-bond acceptors (Lipinski definition) is 4. The number of imide groups is 1. The second kappa shape index (κ2) is 6.15. The maximum atomic E-state index is 11.1. The minimum absolute atomic E-state index is 0.247. The molecule has 5 N–H and O–H groups in total. The zero-order chi connectivity index (χ0) is 12.8. The van der Waals surface area contributed by atoms with Crippen molar-refractivity contribution in [2.45, 2.75) is 18.2 Å². The first-order valence-corrected chi connectivity index (χ1v) is 6.06. The smallest absolute Gasteiger partial charge is 0.318 e. The highest BCUT2D eigenvalue weighted by Gasteiger charge is 2.05. The summed E-state index contributed by atoms with van der Waals surface area (Å²) in [5.74, 6) is 0.224. The molecule has 0 saturated carbocycles. The number of nitrogens with two attached hydrogens (primary N) is 2. The molecule has 0 saturated heterocycles. The van der Waals surface area contributed by atoms with Crippen LogP contribution in [0.4, 0.5) is 10.5 Å². The molecule has 92 valence electrons. The summed E-state index contributed by atoms with van der Waals surface area (Å²) in [6, 6.07) is 4.80. The van der Waals surface area contributed by atoms with Crippen molar-refractivity contribution in [2.24, 2.45) is 5.73 Å². The van der Waals surface area contributed by atoms with E-state index in [2.05, 4.69) is 0 Å². The normalized spacial score (nSPS) is 9.94. The van der Waals surface area contributed by atoms with Crippen molar-refractivity contribution in [3.05, 3.63) is 23.8 Å². The standard InChI is InChI=1S/C11H15N3O2S/c1-7-6-8(12)2-3-9(7)17-5-4-10(15)14-11(13)16/h2-3,6H,4-5,12H2,1H3,(H3,13,14,15,16). The lowest BCUT2D eigenvalue weighted by Crippen LogP contribution is -2.35. The first-order chi connectivity index (χ1) is 7.99. The molecule has 3 amide bonds. The van der Waals surface area contributed by atoms with Gasteiger partial charge in [0.1, 0.15) is 0 Å². The van der Waals surface area contributed by atoms with Gasteiger partial charge in [-0.05, 0) is 30.7 Å². The van der Waals surface area contributed by atoms with Gasteiger partial charge in [-0.15, -0.1) is 11.8 Å². The zero-order valence-corrected chi connectivity index (χ0v) is 10.3. The number of nitrogens with one attached hydrogen (secondary N) is 1. The van der Waals surface area contributed by atoms with Crippen LogP contribution >= 0.6 is 11.8 Å². The number of carbonyl (C=O) groups is 2. The van der Waals surface area contributed by atoms with Crippen molar-refractivity contribution >= 4 is 29.4 Å². The van der Waals surface area contributed by atoms with Gasteiger partial charge in [0, 0.05) is 22.8 Å². The predicted octanol–water partition coefficient (Wildman–Crippen LogP) is 1.25. The van der Waals surface area contributed by atoms with Gasteiger partial charge < -0.3 is 11.5 Å². The fourth-order valence-corrected chi connectivity index (χ4v) is 2.25. The molecule has 17 heavy (non-hydrogen) atoms. The van der Waals surface area contributed by atoms with Crippen molar-refractivity contribution in [3.63, 3.8) is 0 Å². The van der Waals surface area contributed by atoms with Gasteiger partial charge in [0.2, 0.25) is 5.91 Å². The summed E-state index contributed by atoms with van der Waals surface area (Å²) in [6.07, 6.45) is 0.247. The third kappa shape index (κ3) is 4.78. The van der Waals surface area contributed by atoms with E-state index in [1.165, 1.54) is 0 Å². The summed E-state index contributed by atoms with van der Waals surface area (Å²) in [4.78, 5) is 22.6. The van der Waals surface area contributed by atoms with Crippen LogP contribution in [0.2, 0.25) is 0 Å². The molecule has 0 radical (unpaired) electrons. The fourth-order valence-electron chi connectivity index (χ4n) is 1.29. The highest BCUT2D eigenvalue weighted by molar-refractivity contribution is 7.99. The van der Waals surface area contributed by atoms with Crippen molar-refractivity contribution in [1.82, 2.24) is 5.32 Å². The summed E-state index contributed by atoms with van der Waals surface area (Å²) in [5, 5.41) is 2.02. The topological polar surface area (TPSA) is 98.2 Å². The molecule has 0 spiro atoms. The van der Waals surface area contributed by atoms with Crippen LogP contribution in [0.3, 0.4) is 0 Å². The third-order valence-electron chi connectivity index (χ3n) is 2.05. The number of hydrogen-bond donors (Lipinski definition) is 3. The summed E-state index contributed by atoms with van der Waals surface area (Å²) < 4.78 is 0. The Hall–Kier alpha value is -1.69. The Labute approximate surface area is 104 Å². The number of nitrogen functional groups attached to an aromatic ring is 1. The van der Waals surface area contributed by atoms with Gasteiger partial charge in [0.05, 0.1) is 0 Å². The molecule has 0 fully saturated rings. The summed E-state index contributed by atoms with van der Waals surface area (Å²) in [7, 11) is 0. The summed E-state index contributed by atoms with van der Waals surface area (Å²) in [6.45, 7) is 1.96. The number of aryl methyl sites for hydroxylation is 1. The molecule has 6 heteroatoms. The largest absolute Gasteiger partial charge is 0.399 e. The number of urea groups is 1. The van der Waals surface area contributed by atoms with Gasteiger partial charge in [-0.3, -0.25) is 10.1 Å². The monoisotopic (exact) mass is 253 g/mol. The average molecular weight is 253 g/mol. The van der Waals surface area contributed by atoms with Crippen LogP contribution in [0.1, 0.15) is 12.0 Å². The number of carbonyl (C=O) groups excluding carboxylic acids is 2. The molecule has 0 unspecified atom stereocenters. The number of thioether (sulfide) groups is 1. The van der Waals surface area contributed by atoms with Gasteiger partial charge >= 0.3 is 6.03 Å². The Morgan fingerprint density at radius 3 is 2.71 bits per heavy atom. The van der Waals surface area contributed by atoms with Gasteiger partial charge in [0.15, 0.2) is 0 Å². The molecule has 0 aromatic heterocycles. The third-order valence-corrected chi connectivity index (χ3v) is 3.23. The van der Waals surface area contributed by atoms with Crippen LogP contribution in [0, 0.1) is 6.92 Å². The number of primary amides is 1. The lowest BCUT2D eigenvalue weighted by molar-refractivity contribution is -0.119. The quantitative estimate of drug-likeness (QED) is 0.555.